The third-order valence-corrected chi connectivity index (χ3v) is 5.27. The van der Waals surface area contributed by atoms with Gasteiger partial charge >= 0.3 is 120 Å². The standard InChI is InChI=1S/C16H18O2Se.6CH4/c1-9-5-11(3)15(17)13(7-9)19-14-8-10(2)6-12(4)16(14)18;;;;;;/h5-8,17-18H,1-4H3;6*1H4. The summed E-state index contributed by atoms with van der Waals surface area (Å²) in [4.78, 5) is 0. The Hall–Kier alpha value is -1.44. The maximum atomic E-state index is 10.1. The number of aromatic hydroxyl groups is 2. The predicted molar refractivity (Wildman–Crippen MR) is 121 cm³/mol. The molecular weight excluding hydrogens is 375 g/mol. The van der Waals surface area contributed by atoms with Gasteiger partial charge in [-0.1, -0.05) is 44.6 Å². The topological polar surface area (TPSA) is 40.5 Å². The first-order chi connectivity index (χ1) is 8.88. The summed E-state index contributed by atoms with van der Waals surface area (Å²) >= 11 is -0.0955. The van der Waals surface area contributed by atoms with E-state index >= 15 is 0 Å². The van der Waals surface area contributed by atoms with Crippen molar-refractivity contribution in [1.29, 1.82) is 0 Å². The summed E-state index contributed by atoms with van der Waals surface area (Å²) in [5.74, 6) is 0.702. The first-order valence-electron chi connectivity index (χ1n) is 6.16. The summed E-state index contributed by atoms with van der Waals surface area (Å²) in [6.07, 6.45) is 0. The molecule has 25 heavy (non-hydrogen) atoms. The van der Waals surface area contributed by atoms with Gasteiger partial charge in [-0.25, -0.2) is 0 Å². The van der Waals surface area contributed by atoms with Gasteiger partial charge in [0.05, 0.1) is 0 Å². The van der Waals surface area contributed by atoms with Crippen LogP contribution in [-0.4, -0.2) is 25.2 Å². The molecule has 3 heteroatoms. The van der Waals surface area contributed by atoms with Crippen LogP contribution in [0.1, 0.15) is 66.8 Å². The zero-order valence-corrected chi connectivity index (χ0v) is 13.3. The minimum absolute atomic E-state index is 0. The van der Waals surface area contributed by atoms with E-state index in [1.165, 1.54) is 0 Å². The normalized spacial score (nSPS) is 8.16. The number of phenolic OH excluding ortho intramolecular Hbond substituents is 2. The fourth-order valence-electron chi connectivity index (χ4n) is 2.12. The van der Waals surface area contributed by atoms with Crippen LogP contribution in [0, 0.1) is 27.7 Å². The van der Waals surface area contributed by atoms with Crippen LogP contribution in [0.4, 0.5) is 0 Å². The van der Waals surface area contributed by atoms with E-state index in [4.69, 9.17) is 0 Å². The zero-order valence-electron chi connectivity index (χ0n) is 11.6. The van der Waals surface area contributed by atoms with E-state index in [0.717, 1.165) is 31.2 Å². The quantitative estimate of drug-likeness (QED) is 0.606. The van der Waals surface area contributed by atoms with Crippen LogP contribution in [0.5, 0.6) is 11.5 Å². The molecule has 2 aromatic carbocycles. The van der Waals surface area contributed by atoms with Gasteiger partial charge in [-0.3, -0.25) is 0 Å². The van der Waals surface area contributed by atoms with Gasteiger partial charge in [0.15, 0.2) is 0 Å². The molecule has 0 aliphatic carbocycles. The van der Waals surface area contributed by atoms with E-state index < -0.39 is 0 Å². The molecule has 2 N–H and O–H groups in total. The second-order valence-electron chi connectivity index (χ2n) is 4.96. The van der Waals surface area contributed by atoms with Crippen molar-refractivity contribution in [3.8, 4) is 11.5 Å². The van der Waals surface area contributed by atoms with Crippen molar-refractivity contribution in [2.75, 3.05) is 0 Å². The van der Waals surface area contributed by atoms with Gasteiger partial charge in [0, 0.05) is 0 Å². The first-order valence-corrected chi connectivity index (χ1v) is 7.88. The van der Waals surface area contributed by atoms with Gasteiger partial charge in [-0.15, -0.1) is 0 Å². The van der Waals surface area contributed by atoms with E-state index in [2.05, 4.69) is 0 Å². The number of hydrogen-bond acceptors (Lipinski definition) is 2. The zero-order chi connectivity index (χ0) is 14.2. The van der Waals surface area contributed by atoms with Gasteiger partial charge in [0.25, 0.3) is 0 Å². The number of aryl methyl sites for hydroxylation is 4. The van der Waals surface area contributed by atoms with E-state index in [9.17, 15) is 10.2 Å². The van der Waals surface area contributed by atoms with E-state index in [1.807, 2.05) is 52.0 Å². The van der Waals surface area contributed by atoms with Crippen LogP contribution in [0.25, 0.3) is 0 Å². The average molecular weight is 418 g/mol. The molecule has 0 saturated heterocycles. The summed E-state index contributed by atoms with van der Waals surface area (Å²) in [6.45, 7) is 7.85. The molecule has 0 saturated carbocycles. The van der Waals surface area contributed by atoms with Gasteiger partial charge in [0.1, 0.15) is 0 Å². The molecule has 0 fully saturated rings. The Balaban J connectivity index is -0.000000222. The summed E-state index contributed by atoms with van der Waals surface area (Å²) in [5.41, 5.74) is 4.05. The van der Waals surface area contributed by atoms with Gasteiger partial charge < -0.3 is 0 Å². The van der Waals surface area contributed by atoms with Crippen molar-refractivity contribution in [3.05, 3.63) is 46.5 Å². The molecule has 0 amide bonds. The van der Waals surface area contributed by atoms with Crippen molar-refractivity contribution < 1.29 is 10.2 Å². The van der Waals surface area contributed by atoms with Gasteiger partial charge in [-0.05, 0) is 0 Å². The Morgan fingerprint density at radius 3 is 1.12 bits per heavy atom. The van der Waals surface area contributed by atoms with Crippen LogP contribution < -0.4 is 8.92 Å². The number of phenols is 2. The Labute approximate surface area is 164 Å². The third-order valence-electron chi connectivity index (χ3n) is 3.04. The second kappa shape index (κ2) is 13.8. The summed E-state index contributed by atoms with van der Waals surface area (Å²) in [6, 6.07) is 7.94. The molecule has 0 heterocycles. The van der Waals surface area contributed by atoms with Gasteiger partial charge in [-0.2, -0.15) is 0 Å². The molecule has 0 atom stereocenters. The molecular formula is C22H42O2Se. The minimum atomic E-state index is -0.0955. The summed E-state index contributed by atoms with van der Waals surface area (Å²) in [7, 11) is 0. The third kappa shape index (κ3) is 7.98. The number of hydrogen-bond donors (Lipinski definition) is 2. The van der Waals surface area contributed by atoms with Crippen LogP contribution in [-0.2, 0) is 0 Å². The SMILES string of the molecule is C.C.C.C.C.C.Cc1cc(C)c(O)c([Se]c2cc(C)cc(C)c2O)c1. The Kier molecular flexibility index (Phi) is 19.2. The molecule has 148 valence electrons. The molecule has 2 aromatic rings. The van der Waals surface area contributed by atoms with Crippen molar-refractivity contribution in [1.82, 2.24) is 0 Å². The van der Waals surface area contributed by atoms with Crippen molar-refractivity contribution in [2.24, 2.45) is 0 Å². The van der Waals surface area contributed by atoms with Crippen LogP contribution in [0.3, 0.4) is 0 Å². The van der Waals surface area contributed by atoms with Crippen molar-refractivity contribution in [2.45, 2.75) is 72.3 Å². The molecule has 0 spiro atoms. The molecule has 0 aliphatic heterocycles. The van der Waals surface area contributed by atoms with Crippen molar-refractivity contribution >= 4 is 23.9 Å². The Morgan fingerprint density at radius 2 is 0.840 bits per heavy atom. The molecule has 0 bridgehead atoms. The summed E-state index contributed by atoms with van der Waals surface area (Å²) < 4.78 is 1.84. The molecule has 0 unspecified atom stereocenters. The van der Waals surface area contributed by atoms with E-state index in [-0.39, 0.29) is 59.5 Å². The maximum absolute atomic E-state index is 10.1. The van der Waals surface area contributed by atoms with Crippen LogP contribution >= 0.6 is 0 Å². The molecule has 0 aromatic heterocycles. The fourth-order valence-corrected chi connectivity index (χ4v) is 4.72. The monoisotopic (exact) mass is 418 g/mol. The summed E-state index contributed by atoms with van der Waals surface area (Å²) in [5, 5.41) is 20.3. The second-order valence-corrected chi connectivity index (χ2v) is 7.23. The number of rotatable bonds is 2. The molecule has 2 rings (SSSR count). The van der Waals surface area contributed by atoms with Crippen LogP contribution in [0.2, 0.25) is 0 Å². The van der Waals surface area contributed by atoms with E-state index in [0.29, 0.717) is 11.5 Å². The molecule has 0 radical (unpaired) electrons. The van der Waals surface area contributed by atoms with Crippen molar-refractivity contribution in [3.63, 3.8) is 0 Å². The Morgan fingerprint density at radius 1 is 0.560 bits per heavy atom. The Bertz CT molecular complexity index is 579. The molecule has 2 nitrogen and oxygen atoms in total. The predicted octanol–water partition coefficient (Wildman–Crippen LogP) is 5.80. The average Bonchev–Trinajstić information content (AvgIpc) is 2.31. The molecule has 0 aliphatic rings. The fraction of sp³-hybridized carbons (Fsp3) is 0.455. The van der Waals surface area contributed by atoms with Crippen LogP contribution in [0.15, 0.2) is 24.3 Å². The van der Waals surface area contributed by atoms with Gasteiger partial charge in [0.2, 0.25) is 0 Å². The number of benzene rings is 2. The van der Waals surface area contributed by atoms with E-state index in [1.54, 1.807) is 0 Å². The first kappa shape index (κ1) is 34.8.